The molecule has 2 aromatic carbocycles. The zero-order valence-corrected chi connectivity index (χ0v) is 11.1. The molecule has 0 fully saturated rings. The first-order valence-electron chi connectivity index (χ1n) is 6.72. The van der Waals surface area contributed by atoms with Gasteiger partial charge in [0.25, 0.3) is 5.92 Å². The fraction of sp³-hybridized carbons (Fsp3) is 0.0556. The number of alkyl halides is 2. The third kappa shape index (κ3) is 1.64. The van der Waals surface area contributed by atoms with Gasteiger partial charge < -0.3 is 0 Å². The maximum atomic E-state index is 14.8. The highest BCUT2D eigenvalue weighted by molar-refractivity contribution is 5.86. The van der Waals surface area contributed by atoms with Gasteiger partial charge in [0.1, 0.15) is 0 Å². The van der Waals surface area contributed by atoms with Crippen molar-refractivity contribution in [2.24, 2.45) is 0 Å². The maximum absolute atomic E-state index is 14.8. The lowest BCUT2D eigenvalue weighted by atomic mass is 9.97. The Morgan fingerprint density at radius 2 is 1.43 bits per heavy atom. The molecule has 0 aliphatic heterocycles. The molecule has 0 N–H and O–H groups in total. The smallest absolute Gasteiger partial charge is 0.256 e. The van der Waals surface area contributed by atoms with Gasteiger partial charge in [-0.25, -0.2) is 0 Å². The normalized spacial score (nSPS) is 14.6. The van der Waals surface area contributed by atoms with Crippen LogP contribution in [0.5, 0.6) is 0 Å². The number of pyridine rings is 1. The molecule has 3 aromatic rings. The van der Waals surface area contributed by atoms with Crippen LogP contribution in [0.25, 0.3) is 22.4 Å². The third-order valence-corrected chi connectivity index (χ3v) is 3.87. The minimum absolute atomic E-state index is 0.0601. The van der Waals surface area contributed by atoms with Crippen molar-refractivity contribution in [2.45, 2.75) is 5.92 Å². The summed E-state index contributed by atoms with van der Waals surface area (Å²) in [7, 11) is 0. The van der Waals surface area contributed by atoms with E-state index in [9.17, 15) is 8.78 Å². The molecule has 1 aliphatic rings. The lowest BCUT2D eigenvalue weighted by Crippen LogP contribution is -2.12. The molecular weight excluding hydrogens is 268 g/mol. The number of hydrogen-bond donors (Lipinski definition) is 0. The van der Waals surface area contributed by atoms with Gasteiger partial charge in [-0.2, -0.15) is 8.78 Å². The fourth-order valence-corrected chi connectivity index (χ4v) is 2.98. The van der Waals surface area contributed by atoms with E-state index in [0.717, 1.165) is 0 Å². The Kier molecular flexibility index (Phi) is 2.45. The molecule has 102 valence electrons. The Labute approximate surface area is 120 Å². The van der Waals surface area contributed by atoms with Crippen LogP contribution in [0.3, 0.4) is 0 Å². The van der Waals surface area contributed by atoms with Gasteiger partial charge in [-0.1, -0.05) is 48.5 Å². The second-order valence-electron chi connectivity index (χ2n) is 5.06. The highest BCUT2D eigenvalue weighted by Crippen LogP contribution is 2.53. The zero-order valence-electron chi connectivity index (χ0n) is 11.1. The first-order valence-corrected chi connectivity index (χ1v) is 6.72. The highest BCUT2D eigenvalue weighted by atomic mass is 19.3. The minimum atomic E-state index is -2.99. The Hall–Kier alpha value is -2.55. The lowest BCUT2D eigenvalue weighted by Gasteiger charge is -2.16. The van der Waals surface area contributed by atoms with Crippen LogP contribution in [0.2, 0.25) is 0 Å². The van der Waals surface area contributed by atoms with Gasteiger partial charge in [0.2, 0.25) is 0 Å². The average Bonchev–Trinajstić information content (AvgIpc) is 2.77. The van der Waals surface area contributed by atoms with E-state index in [1.54, 1.807) is 54.7 Å². The first-order chi connectivity index (χ1) is 10.2. The molecule has 0 radical (unpaired) electrons. The standard InChI is InChI=1S/C18H11F2N/c19-18(20)15-9-2-1-6-12(15)13-7-5-8-14(17(13)18)16-10-3-4-11-21-16/h1-11H. The number of rotatable bonds is 1. The molecule has 4 rings (SSSR count). The number of fused-ring (bicyclic) bond motifs is 3. The van der Waals surface area contributed by atoms with Crippen molar-refractivity contribution in [1.82, 2.24) is 4.98 Å². The number of aromatic nitrogens is 1. The topological polar surface area (TPSA) is 12.9 Å². The van der Waals surface area contributed by atoms with Crippen LogP contribution >= 0.6 is 0 Å². The van der Waals surface area contributed by atoms with E-state index in [1.165, 1.54) is 6.07 Å². The first kappa shape index (κ1) is 12.2. The van der Waals surface area contributed by atoms with E-state index in [1.807, 2.05) is 6.07 Å². The van der Waals surface area contributed by atoms with Crippen LogP contribution < -0.4 is 0 Å². The summed E-state index contributed by atoms with van der Waals surface area (Å²) in [4.78, 5) is 4.22. The molecule has 0 spiro atoms. The van der Waals surface area contributed by atoms with Gasteiger partial charge >= 0.3 is 0 Å². The number of halogens is 2. The van der Waals surface area contributed by atoms with E-state index in [4.69, 9.17) is 0 Å². The number of benzene rings is 2. The van der Waals surface area contributed by atoms with E-state index >= 15 is 0 Å². The SMILES string of the molecule is FC1(F)c2ccccc2-c2cccc(-c3ccccn3)c21. The van der Waals surface area contributed by atoms with Crippen LogP contribution in [0.1, 0.15) is 11.1 Å². The Morgan fingerprint density at radius 1 is 0.714 bits per heavy atom. The summed E-state index contributed by atoms with van der Waals surface area (Å²) in [5.74, 6) is -2.99. The molecular formula is C18H11F2N. The molecule has 3 heteroatoms. The second kappa shape index (κ2) is 4.22. The summed E-state index contributed by atoms with van der Waals surface area (Å²) in [6.07, 6.45) is 1.62. The van der Waals surface area contributed by atoms with Crippen LogP contribution in [0, 0.1) is 0 Å². The van der Waals surface area contributed by atoms with Crippen LogP contribution in [0.4, 0.5) is 8.78 Å². The summed E-state index contributed by atoms with van der Waals surface area (Å²) < 4.78 is 29.7. The van der Waals surface area contributed by atoms with E-state index in [2.05, 4.69) is 4.98 Å². The Morgan fingerprint density at radius 3 is 2.24 bits per heavy atom. The molecule has 1 nitrogen and oxygen atoms in total. The van der Waals surface area contributed by atoms with E-state index in [-0.39, 0.29) is 11.1 Å². The van der Waals surface area contributed by atoms with Gasteiger partial charge in [0.05, 0.1) is 5.69 Å². The van der Waals surface area contributed by atoms with Gasteiger partial charge in [-0.05, 0) is 23.3 Å². The predicted octanol–water partition coefficient (Wildman–Crippen LogP) is 4.87. The molecule has 1 heterocycles. The maximum Gasteiger partial charge on any atom is 0.300 e. The zero-order chi connectivity index (χ0) is 14.4. The molecule has 1 aromatic heterocycles. The van der Waals surface area contributed by atoms with E-state index < -0.39 is 5.92 Å². The Balaban J connectivity index is 2.06. The van der Waals surface area contributed by atoms with Gasteiger partial charge in [-0.3, -0.25) is 4.98 Å². The fourth-order valence-electron chi connectivity index (χ4n) is 2.98. The summed E-state index contributed by atoms with van der Waals surface area (Å²) in [5.41, 5.74) is 2.40. The molecule has 0 amide bonds. The lowest BCUT2D eigenvalue weighted by molar-refractivity contribution is 0.0486. The van der Waals surface area contributed by atoms with Crippen molar-refractivity contribution < 1.29 is 8.78 Å². The third-order valence-electron chi connectivity index (χ3n) is 3.87. The average molecular weight is 279 g/mol. The monoisotopic (exact) mass is 279 g/mol. The Bertz CT molecular complexity index is 826. The quantitative estimate of drug-likeness (QED) is 0.619. The molecule has 1 aliphatic carbocycles. The van der Waals surface area contributed by atoms with Crippen LogP contribution in [0.15, 0.2) is 66.9 Å². The van der Waals surface area contributed by atoms with E-state index in [0.29, 0.717) is 22.4 Å². The van der Waals surface area contributed by atoms with Crippen molar-refractivity contribution in [2.75, 3.05) is 0 Å². The highest BCUT2D eigenvalue weighted by Gasteiger charge is 2.45. The van der Waals surface area contributed by atoms with Gasteiger partial charge in [0, 0.05) is 22.9 Å². The predicted molar refractivity (Wildman–Crippen MR) is 78.1 cm³/mol. The molecule has 0 unspecified atom stereocenters. The summed E-state index contributed by atoms with van der Waals surface area (Å²) in [6, 6.07) is 17.3. The van der Waals surface area contributed by atoms with Crippen molar-refractivity contribution in [3.05, 3.63) is 78.0 Å². The summed E-state index contributed by atoms with van der Waals surface area (Å²) >= 11 is 0. The van der Waals surface area contributed by atoms with Crippen LogP contribution in [-0.2, 0) is 5.92 Å². The minimum Gasteiger partial charge on any atom is -0.256 e. The largest absolute Gasteiger partial charge is 0.300 e. The molecule has 0 bridgehead atoms. The van der Waals surface area contributed by atoms with Crippen molar-refractivity contribution in [3.63, 3.8) is 0 Å². The van der Waals surface area contributed by atoms with Gasteiger partial charge in [0.15, 0.2) is 0 Å². The van der Waals surface area contributed by atoms with Crippen molar-refractivity contribution in [3.8, 4) is 22.4 Å². The molecule has 0 atom stereocenters. The summed E-state index contributed by atoms with van der Waals surface area (Å²) in [6.45, 7) is 0. The molecule has 0 saturated heterocycles. The second-order valence-corrected chi connectivity index (χ2v) is 5.06. The number of hydrogen-bond acceptors (Lipinski definition) is 1. The van der Waals surface area contributed by atoms with Gasteiger partial charge in [-0.15, -0.1) is 0 Å². The molecule has 0 saturated carbocycles. The summed E-state index contributed by atoms with van der Waals surface area (Å²) in [5, 5.41) is 0. The molecule has 21 heavy (non-hydrogen) atoms. The van der Waals surface area contributed by atoms with Crippen molar-refractivity contribution in [1.29, 1.82) is 0 Å². The van der Waals surface area contributed by atoms with Crippen molar-refractivity contribution >= 4 is 0 Å². The number of nitrogens with zero attached hydrogens (tertiary/aromatic N) is 1. The van der Waals surface area contributed by atoms with Crippen LogP contribution in [-0.4, -0.2) is 4.98 Å².